The zero-order chi connectivity index (χ0) is 23.9. The van der Waals surface area contributed by atoms with Crippen LogP contribution in [0.3, 0.4) is 0 Å². The van der Waals surface area contributed by atoms with E-state index in [1.54, 1.807) is 44.3 Å². The second kappa shape index (κ2) is 8.65. The molecule has 5 rings (SSSR count). The molecule has 0 saturated carbocycles. The summed E-state index contributed by atoms with van der Waals surface area (Å²) < 4.78 is 0. The molecule has 1 fully saturated rings. The molecule has 1 N–H and O–H groups in total. The molecular weight excluding hydrogens is 428 g/mol. The fraction of sp³-hybridized carbons (Fsp3) is 0.333. The van der Waals surface area contributed by atoms with E-state index in [1.165, 1.54) is 0 Å². The lowest BCUT2D eigenvalue weighted by Crippen LogP contribution is -2.49. The van der Waals surface area contributed by atoms with Crippen LogP contribution in [0.4, 0.5) is 5.82 Å². The number of benzene rings is 2. The number of ketones is 1. The predicted octanol–water partition coefficient (Wildman–Crippen LogP) is 4.02. The van der Waals surface area contributed by atoms with Gasteiger partial charge in [-0.3, -0.25) is 14.5 Å². The Morgan fingerprint density at radius 2 is 1.94 bits per heavy atom. The summed E-state index contributed by atoms with van der Waals surface area (Å²) in [4.78, 5) is 38.2. The quantitative estimate of drug-likeness (QED) is 0.641. The summed E-state index contributed by atoms with van der Waals surface area (Å²) in [5, 5.41) is 9.40. The average molecular weight is 457 g/mol. The van der Waals surface area contributed by atoms with E-state index in [0.717, 1.165) is 35.7 Å². The maximum atomic E-state index is 13.9. The Kier molecular flexibility index (Phi) is 5.65. The second-order valence-corrected chi connectivity index (χ2v) is 9.48. The highest BCUT2D eigenvalue weighted by Gasteiger charge is 2.40. The lowest BCUT2D eigenvalue weighted by molar-refractivity contribution is -0.128. The SMILES string of the molecule is Cc1ccc2ccnc(N(C(=O)c3ccc(C4=NOC(C)(C)C4=O)cc3)[C@@H]3CCCNC3)c2c1. The Hall–Kier alpha value is -3.58. The number of hydrogen-bond donors (Lipinski definition) is 1. The fourth-order valence-electron chi connectivity index (χ4n) is 4.57. The van der Waals surface area contributed by atoms with E-state index in [0.29, 0.717) is 23.5 Å². The van der Waals surface area contributed by atoms with Crippen molar-refractivity contribution in [2.24, 2.45) is 5.16 Å². The molecule has 0 radical (unpaired) electrons. The number of carbonyl (C=O) groups is 2. The van der Waals surface area contributed by atoms with Crippen molar-refractivity contribution in [1.29, 1.82) is 0 Å². The number of hydrogen-bond acceptors (Lipinski definition) is 6. The number of oxime groups is 1. The largest absolute Gasteiger partial charge is 0.381 e. The monoisotopic (exact) mass is 456 g/mol. The zero-order valence-electron chi connectivity index (χ0n) is 19.7. The minimum atomic E-state index is -0.966. The lowest BCUT2D eigenvalue weighted by Gasteiger charge is -2.34. The van der Waals surface area contributed by atoms with E-state index >= 15 is 0 Å². The maximum absolute atomic E-state index is 13.9. The molecule has 0 spiro atoms. The van der Waals surface area contributed by atoms with E-state index in [1.807, 2.05) is 17.9 Å². The number of aryl methyl sites for hydroxylation is 1. The first kappa shape index (κ1) is 22.2. The number of aromatic nitrogens is 1. The highest BCUT2D eigenvalue weighted by atomic mass is 16.7. The molecule has 7 heteroatoms. The third-order valence-corrected chi connectivity index (χ3v) is 6.52. The molecule has 34 heavy (non-hydrogen) atoms. The van der Waals surface area contributed by atoms with Crippen molar-refractivity contribution < 1.29 is 14.4 Å². The van der Waals surface area contributed by atoms with Crippen LogP contribution in [-0.2, 0) is 9.63 Å². The van der Waals surface area contributed by atoms with Gasteiger partial charge in [0.15, 0.2) is 11.3 Å². The molecule has 1 aromatic heterocycles. The summed E-state index contributed by atoms with van der Waals surface area (Å²) in [5.74, 6) is 0.393. The molecule has 1 saturated heterocycles. The summed E-state index contributed by atoms with van der Waals surface area (Å²) in [6, 6.07) is 15.2. The number of fused-ring (bicyclic) bond motifs is 1. The van der Waals surface area contributed by atoms with Gasteiger partial charge in [0, 0.05) is 29.3 Å². The Bertz CT molecular complexity index is 1290. The number of anilines is 1. The number of carbonyl (C=O) groups excluding carboxylic acids is 2. The Morgan fingerprint density at radius 1 is 1.15 bits per heavy atom. The Balaban J connectivity index is 1.52. The van der Waals surface area contributed by atoms with Gasteiger partial charge in [0.05, 0.1) is 6.04 Å². The van der Waals surface area contributed by atoms with Crippen molar-refractivity contribution in [3.8, 4) is 0 Å². The van der Waals surface area contributed by atoms with Crippen molar-refractivity contribution in [3.63, 3.8) is 0 Å². The minimum absolute atomic E-state index is 0.00507. The van der Waals surface area contributed by atoms with E-state index in [9.17, 15) is 9.59 Å². The first-order chi connectivity index (χ1) is 16.3. The third-order valence-electron chi connectivity index (χ3n) is 6.52. The van der Waals surface area contributed by atoms with Crippen LogP contribution in [0.15, 0.2) is 59.9 Å². The Labute approximate surface area is 198 Å². The molecule has 0 unspecified atom stereocenters. The number of rotatable bonds is 4. The highest BCUT2D eigenvalue weighted by molar-refractivity contribution is 6.49. The smallest absolute Gasteiger partial charge is 0.259 e. The van der Waals surface area contributed by atoms with Crippen LogP contribution in [0.1, 0.15) is 48.2 Å². The van der Waals surface area contributed by atoms with Gasteiger partial charge >= 0.3 is 0 Å². The number of amides is 1. The van der Waals surface area contributed by atoms with Crippen LogP contribution in [-0.4, -0.2) is 47.1 Å². The van der Waals surface area contributed by atoms with Crippen LogP contribution in [0, 0.1) is 6.92 Å². The normalized spacial score (nSPS) is 19.6. The standard InChI is InChI=1S/C27H28N4O3/c1-17-6-7-18-12-14-29-25(22(18)15-17)31(21-5-4-13-28-16-21)26(33)20-10-8-19(9-11-20)23-24(32)27(2,3)34-30-23/h6-12,14-15,21,28H,4-5,13,16H2,1-3H3/t21-/m1/s1. The van der Waals surface area contributed by atoms with Crippen molar-refractivity contribution in [1.82, 2.24) is 10.3 Å². The van der Waals surface area contributed by atoms with Crippen LogP contribution in [0.25, 0.3) is 10.8 Å². The van der Waals surface area contributed by atoms with Crippen molar-refractivity contribution in [3.05, 3.63) is 71.4 Å². The number of piperidine rings is 1. The Morgan fingerprint density at radius 3 is 2.62 bits per heavy atom. The summed E-state index contributed by atoms with van der Waals surface area (Å²) >= 11 is 0. The number of Topliss-reactive ketones (excluding diaryl/α,β-unsaturated/α-hetero) is 1. The topological polar surface area (TPSA) is 83.9 Å². The average Bonchev–Trinajstić information content (AvgIpc) is 3.12. The highest BCUT2D eigenvalue weighted by Crippen LogP contribution is 2.30. The van der Waals surface area contributed by atoms with Crippen LogP contribution in [0.2, 0.25) is 0 Å². The van der Waals surface area contributed by atoms with E-state index in [4.69, 9.17) is 4.84 Å². The van der Waals surface area contributed by atoms with E-state index in [2.05, 4.69) is 33.7 Å². The molecule has 174 valence electrons. The molecule has 7 nitrogen and oxygen atoms in total. The van der Waals surface area contributed by atoms with Gasteiger partial charge < -0.3 is 10.2 Å². The van der Waals surface area contributed by atoms with Crippen LogP contribution >= 0.6 is 0 Å². The van der Waals surface area contributed by atoms with Gasteiger partial charge in [-0.05, 0) is 69.8 Å². The molecule has 2 aliphatic heterocycles. The third kappa shape index (κ3) is 3.96. The first-order valence-corrected chi connectivity index (χ1v) is 11.7. The van der Waals surface area contributed by atoms with Gasteiger partial charge in [-0.25, -0.2) is 4.98 Å². The molecule has 1 amide bonds. The van der Waals surface area contributed by atoms with Crippen molar-refractivity contribution in [2.75, 3.05) is 18.0 Å². The molecule has 0 aliphatic carbocycles. The van der Waals surface area contributed by atoms with Crippen LogP contribution in [0.5, 0.6) is 0 Å². The van der Waals surface area contributed by atoms with Gasteiger partial charge in [-0.2, -0.15) is 0 Å². The molecule has 3 aromatic rings. The second-order valence-electron chi connectivity index (χ2n) is 9.48. The van der Waals surface area contributed by atoms with E-state index in [-0.39, 0.29) is 23.4 Å². The molecule has 2 aromatic carbocycles. The number of nitrogens with zero attached hydrogens (tertiary/aromatic N) is 3. The minimum Gasteiger partial charge on any atom is -0.381 e. The maximum Gasteiger partial charge on any atom is 0.259 e. The first-order valence-electron chi connectivity index (χ1n) is 11.7. The summed E-state index contributed by atoms with van der Waals surface area (Å²) in [6.07, 6.45) is 3.66. The van der Waals surface area contributed by atoms with Crippen molar-refractivity contribution >= 4 is 34.0 Å². The fourth-order valence-corrected chi connectivity index (χ4v) is 4.57. The number of pyridine rings is 1. The number of nitrogens with one attached hydrogen (secondary N) is 1. The lowest BCUT2D eigenvalue weighted by atomic mass is 9.95. The molecule has 3 heterocycles. The molecule has 0 bridgehead atoms. The van der Waals surface area contributed by atoms with Crippen LogP contribution < -0.4 is 10.2 Å². The van der Waals surface area contributed by atoms with Gasteiger partial charge in [0.1, 0.15) is 5.82 Å². The zero-order valence-corrected chi connectivity index (χ0v) is 19.7. The predicted molar refractivity (Wildman–Crippen MR) is 132 cm³/mol. The van der Waals surface area contributed by atoms with Gasteiger partial charge in [0.25, 0.3) is 5.91 Å². The van der Waals surface area contributed by atoms with Gasteiger partial charge in [-0.1, -0.05) is 35.0 Å². The molecule has 1 atom stereocenters. The summed E-state index contributed by atoms with van der Waals surface area (Å²) in [5.41, 5.74) is 1.60. The van der Waals surface area contributed by atoms with Crippen molar-refractivity contribution in [2.45, 2.75) is 45.3 Å². The van der Waals surface area contributed by atoms with Gasteiger partial charge in [0.2, 0.25) is 5.78 Å². The molecular formula is C27H28N4O3. The summed E-state index contributed by atoms with van der Waals surface area (Å²) in [7, 11) is 0. The van der Waals surface area contributed by atoms with Gasteiger partial charge in [-0.15, -0.1) is 0 Å². The van der Waals surface area contributed by atoms with E-state index < -0.39 is 5.60 Å². The summed E-state index contributed by atoms with van der Waals surface area (Å²) in [6.45, 7) is 7.09. The molecule has 2 aliphatic rings.